The van der Waals surface area contributed by atoms with Crippen LogP contribution in [-0.2, 0) is 0 Å². The van der Waals surface area contributed by atoms with Crippen LogP contribution >= 0.6 is 23.1 Å². The molecule has 0 aliphatic rings. The third kappa shape index (κ3) is 5.03. The standard InChI is InChI=1S/C15H15N5S2/c1-11-4-6-13(7-5-11)18-14-19-20-15(22-14)21-10-12(9-17)3-2-8-16/h4-7,12H,2-3,10H2,1H3,(H,18,19)/t12-/m0/s1. The Morgan fingerprint density at radius 2 is 2.05 bits per heavy atom. The quantitative estimate of drug-likeness (QED) is 0.769. The predicted molar refractivity (Wildman–Crippen MR) is 89.0 cm³/mol. The van der Waals surface area contributed by atoms with Crippen molar-refractivity contribution >= 4 is 33.9 Å². The molecule has 1 heterocycles. The maximum Gasteiger partial charge on any atom is 0.210 e. The van der Waals surface area contributed by atoms with Crippen LogP contribution in [-0.4, -0.2) is 16.0 Å². The molecule has 0 aliphatic heterocycles. The number of hydrogen-bond donors (Lipinski definition) is 1. The van der Waals surface area contributed by atoms with Crippen LogP contribution in [0, 0.1) is 35.5 Å². The van der Waals surface area contributed by atoms with Crippen molar-refractivity contribution in [3.05, 3.63) is 29.8 Å². The van der Waals surface area contributed by atoms with Crippen molar-refractivity contribution in [3.63, 3.8) is 0 Å². The van der Waals surface area contributed by atoms with Crippen LogP contribution in [0.25, 0.3) is 0 Å². The molecule has 7 heteroatoms. The fraction of sp³-hybridized carbons (Fsp3) is 0.333. The largest absolute Gasteiger partial charge is 0.330 e. The molecule has 0 radical (unpaired) electrons. The van der Waals surface area contributed by atoms with E-state index in [0.29, 0.717) is 18.6 Å². The number of aromatic nitrogens is 2. The smallest absolute Gasteiger partial charge is 0.210 e. The number of nitrogens with zero attached hydrogens (tertiary/aromatic N) is 4. The third-order valence-electron chi connectivity index (χ3n) is 2.90. The molecule has 112 valence electrons. The summed E-state index contributed by atoms with van der Waals surface area (Å²) in [6.45, 7) is 2.04. The number of aryl methyl sites for hydroxylation is 1. The molecule has 0 saturated heterocycles. The first-order chi connectivity index (χ1) is 10.7. The van der Waals surface area contributed by atoms with Crippen LogP contribution in [0.2, 0.25) is 0 Å². The number of anilines is 2. The molecular formula is C15H15N5S2. The minimum absolute atomic E-state index is 0.123. The average molecular weight is 329 g/mol. The van der Waals surface area contributed by atoms with Gasteiger partial charge in [0.1, 0.15) is 0 Å². The summed E-state index contributed by atoms with van der Waals surface area (Å²) >= 11 is 2.97. The number of thioether (sulfide) groups is 1. The van der Waals surface area contributed by atoms with E-state index in [9.17, 15) is 0 Å². The van der Waals surface area contributed by atoms with Crippen LogP contribution < -0.4 is 5.32 Å². The van der Waals surface area contributed by atoms with Gasteiger partial charge in [-0.05, 0) is 25.5 Å². The van der Waals surface area contributed by atoms with Gasteiger partial charge >= 0.3 is 0 Å². The summed E-state index contributed by atoms with van der Waals surface area (Å²) in [5.41, 5.74) is 2.18. The highest BCUT2D eigenvalue weighted by atomic mass is 32.2. The van der Waals surface area contributed by atoms with Crippen molar-refractivity contribution in [2.75, 3.05) is 11.1 Å². The van der Waals surface area contributed by atoms with Crippen molar-refractivity contribution in [1.82, 2.24) is 10.2 Å². The van der Waals surface area contributed by atoms with Crippen LogP contribution in [0.5, 0.6) is 0 Å². The molecule has 1 aromatic heterocycles. The van der Waals surface area contributed by atoms with Crippen LogP contribution in [0.4, 0.5) is 10.8 Å². The molecule has 1 aromatic carbocycles. The Kier molecular flexibility index (Phi) is 6.20. The molecular weight excluding hydrogens is 314 g/mol. The molecule has 0 bridgehead atoms. The van der Waals surface area contributed by atoms with Crippen molar-refractivity contribution in [1.29, 1.82) is 10.5 Å². The number of nitrogens with one attached hydrogen (secondary N) is 1. The summed E-state index contributed by atoms with van der Waals surface area (Å²) in [6.07, 6.45) is 1.02. The zero-order valence-electron chi connectivity index (χ0n) is 12.1. The van der Waals surface area contributed by atoms with Crippen molar-refractivity contribution < 1.29 is 0 Å². The SMILES string of the molecule is Cc1ccc(Nc2nnc(SC[C@H](C#N)CCC#N)s2)cc1. The number of rotatable bonds is 7. The lowest BCUT2D eigenvalue weighted by atomic mass is 10.1. The Hall–Kier alpha value is -2.09. The molecule has 2 aromatic rings. The maximum absolute atomic E-state index is 9.04. The normalized spacial score (nSPS) is 11.4. The summed E-state index contributed by atoms with van der Waals surface area (Å²) in [5.74, 6) is 0.513. The van der Waals surface area contributed by atoms with Gasteiger partial charge in [-0.25, -0.2) is 0 Å². The number of nitriles is 2. The lowest BCUT2D eigenvalue weighted by Crippen LogP contribution is -1.99. The van der Waals surface area contributed by atoms with Gasteiger partial charge in [0.25, 0.3) is 0 Å². The first kappa shape index (κ1) is 16.3. The topological polar surface area (TPSA) is 85.4 Å². The summed E-state index contributed by atoms with van der Waals surface area (Å²) in [7, 11) is 0. The Morgan fingerprint density at radius 1 is 1.27 bits per heavy atom. The Bertz CT molecular complexity index is 681. The van der Waals surface area contributed by atoms with E-state index in [1.807, 2.05) is 31.2 Å². The van der Waals surface area contributed by atoms with Crippen LogP contribution in [0.15, 0.2) is 28.6 Å². The Balaban J connectivity index is 1.87. The monoisotopic (exact) mass is 329 g/mol. The number of hydrogen-bond acceptors (Lipinski definition) is 7. The van der Waals surface area contributed by atoms with Crippen molar-refractivity contribution in [2.45, 2.75) is 24.1 Å². The van der Waals surface area contributed by atoms with E-state index >= 15 is 0 Å². The van der Waals surface area contributed by atoms with E-state index < -0.39 is 0 Å². The average Bonchev–Trinajstić information content (AvgIpc) is 2.97. The summed E-state index contributed by atoms with van der Waals surface area (Å²) in [4.78, 5) is 0. The first-order valence-corrected chi connectivity index (χ1v) is 8.58. The lowest BCUT2D eigenvalue weighted by molar-refractivity contribution is 0.685. The third-order valence-corrected chi connectivity index (χ3v) is 5.04. The fourth-order valence-corrected chi connectivity index (χ4v) is 3.53. The molecule has 1 N–H and O–H groups in total. The minimum Gasteiger partial charge on any atom is -0.330 e. The second-order valence-electron chi connectivity index (χ2n) is 4.70. The minimum atomic E-state index is -0.123. The summed E-state index contributed by atoms with van der Waals surface area (Å²) < 4.78 is 0.826. The molecule has 0 fully saturated rings. The van der Waals surface area contributed by atoms with E-state index in [0.717, 1.165) is 15.2 Å². The van der Waals surface area contributed by atoms with Crippen molar-refractivity contribution in [3.8, 4) is 12.1 Å². The van der Waals surface area contributed by atoms with E-state index in [1.165, 1.54) is 28.7 Å². The van der Waals surface area contributed by atoms with Gasteiger partial charge in [0.05, 0.1) is 18.1 Å². The zero-order chi connectivity index (χ0) is 15.8. The van der Waals surface area contributed by atoms with E-state index in [1.54, 1.807) is 0 Å². The predicted octanol–water partition coefficient (Wildman–Crippen LogP) is 4.13. The highest BCUT2D eigenvalue weighted by Crippen LogP contribution is 2.29. The fourth-order valence-electron chi connectivity index (χ4n) is 1.67. The zero-order valence-corrected chi connectivity index (χ0v) is 13.7. The van der Waals surface area contributed by atoms with Gasteiger partial charge in [-0.15, -0.1) is 10.2 Å². The highest BCUT2D eigenvalue weighted by Gasteiger charge is 2.11. The van der Waals surface area contributed by atoms with Crippen LogP contribution in [0.3, 0.4) is 0 Å². The van der Waals surface area contributed by atoms with Gasteiger partial charge < -0.3 is 5.32 Å². The summed E-state index contributed by atoms with van der Waals surface area (Å²) in [6, 6.07) is 12.4. The summed E-state index contributed by atoms with van der Waals surface area (Å²) in [5, 5.41) is 29.8. The number of benzene rings is 1. The Labute approximate surface area is 138 Å². The molecule has 0 aliphatic carbocycles. The van der Waals surface area contributed by atoms with Gasteiger partial charge in [0, 0.05) is 17.9 Å². The highest BCUT2D eigenvalue weighted by molar-refractivity contribution is 8.01. The molecule has 5 nitrogen and oxygen atoms in total. The maximum atomic E-state index is 9.04. The van der Waals surface area contributed by atoms with Crippen LogP contribution in [0.1, 0.15) is 18.4 Å². The molecule has 0 unspecified atom stereocenters. The molecule has 0 saturated carbocycles. The van der Waals surface area contributed by atoms with E-state index in [4.69, 9.17) is 10.5 Å². The van der Waals surface area contributed by atoms with Gasteiger partial charge in [-0.1, -0.05) is 40.8 Å². The van der Waals surface area contributed by atoms with Gasteiger partial charge in [0.2, 0.25) is 5.13 Å². The molecule has 1 atom stereocenters. The van der Waals surface area contributed by atoms with Gasteiger partial charge in [0.15, 0.2) is 4.34 Å². The second-order valence-corrected chi connectivity index (χ2v) is 6.94. The lowest BCUT2D eigenvalue weighted by Gasteiger charge is -2.03. The molecule has 0 spiro atoms. The molecule has 0 amide bonds. The second kappa shape index (κ2) is 8.38. The Morgan fingerprint density at radius 3 is 2.73 bits per heavy atom. The molecule has 22 heavy (non-hydrogen) atoms. The van der Waals surface area contributed by atoms with E-state index in [2.05, 4.69) is 27.7 Å². The van der Waals surface area contributed by atoms with Crippen molar-refractivity contribution in [2.24, 2.45) is 5.92 Å². The van der Waals surface area contributed by atoms with Gasteiger partial charge in [-0.2, -0.15) is 10.5 Å². The van der Waals surface area contributed by atoms with Gasteiger partial charge in [-0.3, -0.25) is 0 Å². The van der Waals surface area contributed by atoms with E-state index in [-0.39, 0.29) is 5.92 Å². The molecule has 2 rings (SSSR count). The first-order valence-electron chi connectivity index (χ1n) is 6.78.